The van der Waals surface area contributed by atoms with E-state index < -0.39 is 16.6 Å². The van der Waals surface area contributed by atoms with Crippen molar-refractivity contribution < 1.29 is 29.7 Å². The molecule has 3 aromatic rings. The molecule has 1 amide bonds. The van der Waals surface area contributed by atoms with Crippen molar-refractivity contribution in [3.05, 3.63) is 87.0 Å². The Morgan fingerprint density at radius 2 is 1.84 bits per heavy atom. The van der Waals surface area contributed by atoms with E-state index in [0.717, 1.165) is 41.1 Å². The van der Waals surface area contributed by atoms with Crippen LogP contribution in [0, 0.1) is 17.0 Å². The first-order chi connectivity index (χ1) is 20.8. The Hall–Kier alpha value is -4.82. The number of hydrazine groups is 1. The minimum absolute atomic E-state index is 0.0467. The normalized spacial score (nSPS) is 11.4. The summed E-state index contributed by atoms with van der Waals surface area (Å²) in [4.78, 5) is 39.9. The Morgan fingerprint density at radius 1 is 1.20 bits per heavy atom. The lowest BCUT2D eigenvalue weighted by atomic mass is 9.98. The van der Waals surface area contributed by atoms with E-state index in [0.29, 0.717) is 35.8 Å². The average molecular weight is 612 g/mol. The predicted octanol–water partition coefficient (Wildman–Crippen LogP) is 3.49. The number of carboxylic acid groups (broad SMARTS) is 1. The van der Waals surface area contributed by atoms with Crippen LogP contribution in [0.25, 0.3) is 11.1 Å². The Kier molecular flexibility index (Phi) is 13.4. The second-order valence-corrected chi connectivity index (χ2v) is 10.4. The van der Waals surface area contributed by atoms with Crippen molar-refractivity contribution in [1.29, 1.82) is 0 Å². The smallest absolute Gasteiger partial charge is 0.294 e. The molecule has 0 aliphatic carbocycles. The molecule has 0 spiro atoms. The molecule has 238 valence electrons. The van der Waals surface area contributed by atoms with E-state index in [1.165, 1.54) is 0 Å². The molecule has 2 aromatic carbocycles. The number of carbonyl (C=O) groups excluding carboxylic acids is 1. The van der Waals surface area contributed by atoms with E-state index >= 15 is 0 Å². The first-order valence-corrected chi connectivity index (χ1v) is 14.1. The number of aromatic nitrogens is 2. The number of amides is 1. The highest BCUT2D eigenvalue weighted by Crippen LogP contribution is 2.27. The molecule has 0 unspecified atom stereocenters. The van der Waals surface area contributed by atoms with Crippen LogP contribution in [0.5, 0.6) is 0 Å². The molecule has 0 radical (unpaired) electrons. The van der Waals surface area contributed by atoms with Gasteiger partial charge in [-0.05, 0) is 56.7 Å². The zero-order valence-electron chi connectivity index (χ0n) is 25.5. The van der Waals surface area contributed by atoms with Crippen LogP contribution >= 0.6 is 0 Å². The van der Waals surface area contributed by atoms with Gasteiger partial charge in [0.05, 0.1) is 12.3 Å². The van der Waals surface area contributed by atoms with Crippen LogP contribution in [0.15, 0.2) is 53.6 Å². The number of carbonyl (C=O) groups is 2. The summed E-state index contributed by atoms with van der Waals surface area (Å²) in [6.07, 6.45) is 2.50. The number of aryl methyl sites for hydroxylation is 1. The van der Waals surface area contributed by atoms with Crippen molar-refractivity contribution in [3.8, 4) is 11.1 Å². The highest BCUT2D eigenvalue weighted by molar-refractivity contribution is 6.03. The molecule has 0 bridgehead atoms. The Morgan fingerprint density at radius 3 is 2.43 bits per heavy atom. The molecule has 0 saturated heterocycles. The number of hydrogen-bond acceptors (Lipinski definition) is 9. The monoisotopic (exact) mass is 611 g/mol. The van der Waals surface area contributed by atoms with Crippen LogP contribution in [-0.2, 0) is 33.0 Å². The van der Waals surface area contributed by atoms with Crippen LogP contribution in [0.2, 0.25) is 0 Å². The van der Waals surface area contributed by atoms with Gasteiger partial charge in [-0.15, -0.1) is 15.2 Å². The molecule has 6 N–H and O–H groups in total. The number of amidine groups is 1. The predicted molar refractivity (Wildman–Crippen MR) is 164 cm³/mol. The van der Waals surface area contributed by atoms with E-state index in [2.05, 4.69) is 21.4 Å². The summed E-state index contributed by atoms with van der Waals surface area (Å²) in [5.74, 6) is 6.39. The Labute approximate surface area is 256 Å². The van der Waals surface area contributed by atoms with E-state index in [9.17, 15) is 20.0 Å². The molecule has 0 aliphatic heterocycles. The summed E-state index contributed by atoms with van der Waals surface area (Å²) in [6.45, 7) is 7.88. The van der Waals surface area contributed by atoms with Gasteiger partial charge in [-0.3, -0.25) is 9.59 Å². The molecule has 0 saturated carbocycles. The molecule has 14 nitrogen and oxygen atoms in total. The van der Waals surface area contributed by atoms with Crippen LogP contribution < -0.4 is 11.6 Å². The van der Waals surface area contributed by atoms with Crippen LogP contribution in [0.3, 0.4) is 0 Å². The molecule has 1 aromatic heterocycles. The quantitative estimate of drug-likeness (QED) is 0.0304. The van der Waals surface area contributed by atoms with Gasteiger partial charge in [0.1, 0.15) is 11.4 Å². The lowest BCUT2D eigenvalue weighted by Gasteiger charge is -2.16. The molecule has 0 atom stereocenters. The molecule has 0 aliphatic rings. The van der Waals surface area contributed by atoms with Gasteiger partial charge in [0, 0.05) is 30.6 Å². The van der Waals surface area contributed by atoms with E-state index in [1.807, 2.05) is 49.4 Å². The highest BCUT2D eigenvalue weighted by Gasteiger charge is 2.25. The molecular formula is C30H41N7O7. The van der Waals surface area contributed by atoms with Gasteiger partial charge in [-0.1, -0.05) is 55.5 Å². The SMILES string of the molecule is CCCc1nc(C(C)(C)O)c(C)n1Cc1ccc(-c2ccccc2/C(N)=N/N(N)C(=O)CCCCO[N+](=O)[O-])cc1.O=CO. The van der Waals surface area contributed by atoms with Crippen molar-refractivity contribution in [2.24, 2.45) is 16.7 Å². The van der Waals surface area contributed by atoms with Gasteiger partial charge in [0.25, 0.3) is 17.5 Å². The Balaban J connectivity index is 0.00000216. The number of nitrogens with two attached hydrogens (primary N) is 2. The number of hydrogen-bond donors (Lipinski definition) is 4. The third-order valence-electron chi connectivity index (χ3n) is 6.61. The third kappa shape index (κ3) is 10.2. The number of imidazole rings is 1. The largest absolute Gasteiger partial charge is 0.483 e. The summed E-state index contributed by atoms with van der Waals surface area (Å²) >= 11 is 0. The second-order valence-electron chi connectivity index (χ2n) is 10.4. The zero-order valence-corrected chi connectivity index (χ0v) is 25.5. The fourth-order valence-corrected chi connectivity index (χ4v) is 4.58. The molecule has 44 heavy (non-hydrogen) atoms. The van der Waals surface area contributed by atoms with Crippen molar-refractivity contribution in [2.75, 3.05) is 6.61 Å². The maximum atomic E-state index is 12.3. The van der Waals surface area contributed by atoms with Crippen molar-refractivity contribution in [3.63, 3.8) is 0 Å². The van der Waals surface area contributed by atoms with Gasteiger partial charge in [-0.25, -0.2) is 10.8 Å². The maximum absolute atomic E-state index is 12.3. The summed E-state index contributed by atoms with van der Waals surface area (Å²) < 4.78 is 2.16. The minimum atomic E-state index is -1.02. The maximum Gasteiger partial charge on any atom is 0.294 e. The number of hydrazone groups is 1. The standard InChI is InChI=1S/C29H39N7O5.CH2O2/c1-5-10-25-32-27(29(3,4)38)20(2)34(25)19-21-14-16-22(17-15-21)23-11-6-7-12-24(23)28(30)33-35(31)26(37)13-8-9-18-41-36(39)40;2-1-3/h6-7,11-12,14-17,38H,5,8-10,13,18-19,31H2,1-4H3,(H2,30,33);1H,(H,2,3). The van der Waals surface area contributed by atoms with E-state index in [1.54, 1.807) is 19.9 Å². The number of rotatable bonds is 14. The van der Waals surface area contributed by atoms with Crippen molar-refractivity contribution >= 4 is 18.2 Å². The van der Waals surface area contributed by atoms with Crippen LogP contribution in [0.1, 0.15) is 74.8 Å². The highest BCUT2D eigenvalue weighted by atomic mass is 16.9. The first-order valence-electron chi connectivity index (χ1n) is 14.1. The van der Waals surface area contributed by atoms with Gasteiger partial charge < -0.3 is 25.4 Å². The number of unbranched alkanes of at least 4 members (excludes halogenated alkanes) is 1. The summed E-state index contributed by atoms with van der Waals surface area (Å²) in [6, 6.07) is 15.5. The average Bonchev–Trinajstić information content (AvgIpc) is 3.28. The minimum Gasteiger partial charge on any atom is -0.483 e. The number of aliphatic hydroxyl groups is 1. The lowest BCUT2D eigenvalue weighted by molar-refractivity contribution is -0.757. The fourth-order valence-electron chi connectivity index (χ4n) is 4.58. The van der Waals surface area contributed by atoms with Gasteiger partial charge in [0.15, 0.2) is 5.84 Å². The van der Waals surface area contributed by atoms with Crippen LogP contribution in [0.4, 0.5) is 0 Å². The van der Waals surface area contributed by atoms with Gasteiger partial charge >= 0.3 is 0 Å². The zero-order chi connectivity index (χ0) is 32.9. The molecule has 0 fully saturated rings. The topological polar surface area (TPSA) is 212 Å². The summed E-state index contributed by atoms with van der Waals surface area (Å²) in [7, 11) is 0. The van der Waals surface area contributed by atoms with Crippen LogP contribution in [-0.4, -0.2) is 54.8 Å². The molecule has 1 heterocycles. The van der Waals surface area contributed by atoms with Crippen molar-refractivity contribution in [1.82, 2.24) is 14.7 Å². The summed E-state index contributed by atoms with van der Waals surface area (Å²) in [5.41, 5.74) is 10.3. The van der Waals surface area contributed by atoms with Gasteiger partial charge in [-0.2, -0.15) is 5.12 Å². The van der Waals surface area contributed by atoms with Gasteiger partial charge in [0.2, 0.25) is 0 Å². The second kappa shape index (κ2) is 16.7. The van der Waals surface area contributed by atoms with E-state index in [-0.39, 0.29) is 25.3 Å². The molecular weight excluding hydrogens is 570 g/mol. The number of benzene rings is 2. The molecule has 14 heteroatoms. The first kappa shape index (κ1) is 35.4. The Bertz CT molecular complexity index is 1430. The fraction of sp³-hybridized carbons (Fsp3) is 0.400. The molecule has 3 rings (SSSR count). The lowest BCUT2D eigenvalue weighted by Crippen LogP contribution is -2.35. The van der Waals surface area contributed by atoms with E-state index in [4.69, 9.17) is 26.5 Å². The van der Waals surface area contributed by atoms with Crippen molar-refractivity contribution in [2.45, 2.75) is 71.9 Å². The third-order valence-corrected chi connectivity index (χ3v) is 6.61. The summed E-state index contributed by atoms with van der Waals surface area (Å²) in [5, 5.41) is 31.6. The number of nitrogens with zero attached hydrogens (tertiary/aromatic N) is 5.